The van der Waals surface area contributed by atoms with Gasteiger partial charge in [-0.05, 0) is 0 Å². The minimum Gasteiger partial charge on any atom is -0.240 e. The number of rotatable bonds is 2. The molecule has 0 saturated carbocycles. The van der Waals surface area contributed by atoms with E-state index < -0.39 is 0 Å². The fourth-order valence-electron chi connectivity index (χ4n) is 2.09. The fourth-order valence-corrected chi connectivity index (χ4v) is 6.13. The second-order valence-electron chi connectivity index (χ2n) is 4.81. The van der Waals surface area contributed by atoms with Crippen LogP contribution in [0, 0.1) is 0 Å². The van der Waals surface area contributed by atoms with E-state index >= 15 is 0 Å². The van der Waals surface area contributed by atoms with Crippen molar-refractivity contribution in [2.24, 2.45) is 0 Å². The van der Waals surface area contributed by atoms with E-state index in [2.05, 4.69) is 67.0 Å². The molecule has 4 heteroatoms. The van der Waals surface area contributed by atoms with E-state index in [0.29, 0.717) is 10.5 Å². The maximum Gasteiger partial charge on any atom is 0.107 e. The van der Waals surface area contributed by atoms with Crippen LogP contribution >= 0.6 is 34.9 Å². The summed E-state index contributed by atoms with van der Waals surface area (Å²) >= 11 is 5.97. The lowest BCUT2D eigenvalue weighted by Gasteiger charge is -2.30. The van der Waals surface area contributed by atoms with Crippen LogP contribution in [0.5, 0.6) is 0 Å². The number of nitrogens with zero attached hydrogens (tertiary/aromatic N) is 1. The fraction of sp³-hybridized carbons (Fsp3) is 0.400. The number of hydrogen-bond donors (Lipinski definition) is 0. The maximum absolute atomic E-state index is 4.85. The summed E-state index contributed by atoms with van der Waals surface area (Å²) in [6.45, 7) is 4.66. The van der Waals surface area contributed by atoms with Gasteiger partial charge >= 0.3 is 0 Å². The number of thioether (sulfide) groups is 2. The van der Waals surface area contributed by atoms with Crippen molar-refractivity contribution in [2.45, 2.75) is 29.6 Å². The number of aromatic nitrogens is 1. The van der Waals surface area contributed by atoms with Crippen molar-refractivity contribution < 1.29 is 0 Å². The van der Waals surface area contributed by atoms with E-state index in [9.17, 15) is 0 Å². The minimum absolute atomic E-state index is 0.568. The van der Waals surface area contributed by atoms with E-state index in [1.165, 1.54) is 16.3 Å². The van der Waals surface area contributed by atoms with Crippen LogP contribution in [0.25, 0.3) is 11.3 Å². The zero-order valence-corrected chi connectivity index (χ0v) is 13.5. The van der Waals surface area contributed by atoms with Crippen LogP contribution < -0.4 is 0 Å². The van der Waals surface area contributed by atoms with Gasteiger partial charge in [0.05, 0.1) is 10.9 Å². The summed E-state index contributed by atoms with van der Waals surface area (Å²) in [5.41, 5.74) is 2.34. The molecule has 1 aromatic heterocycles. The SMILES string of the molecule is CC1SCC(c2nc(-c3ccccc3)cs2)SC1C. The molecule has 3 atom stereocenters. The second-order valence-corrected chi connectivity index (χ2v) is 8.69. The monoisotopic (exact) mass is 307 g/mol. The van der Waals surface area contributed by atoms with E-state index in [1.807, 2.05) is 17.4 Å². The molecule has 100 valence electrons. The van der Waals surface area contributed by atoms with Crippen molar-refractivity contribution in [3.63, 3.8) is 0 Å². The largest absolute Gasteiger partial charge is 0.240 e. The molecule has 0 amide bonds. The van der Waals surface area contributed by atoms with E-state index in [1.54, 1.807) is 0 Å². The third kappa shape index (κ3) is 3.01. The summed E-state index contributed by atoms with van der Waals surface area (Å²) in [5, 5.41) is 5.52. The first kappa shape index (κ1) is 13.5. The highest BCUT2D eigenvalue weighted by molar-refractivity contribution is 8.07. The highest BCUT2D eigenvalue weighted by Crippen LogP contribution is 2.45. The summed E-state index contributed by atoms with van der Waals surface area (Å²) in [4.78, 5) is 4.85. The first-order valence-electron chi connectivity index (χ1n) is 6.52. The second kappa shape index (κ2) is 5.90. The number of hydrogen-bond acceptors (Lipinski definition) is 4. The molecule has 2 aromatic rings. The quantitative estimate of drug-likeness (QED) is 0.765. The summed E-state index contributed by atoms with van der Waals surface area (Å²) < 4.78 is 0. The summed E-state index contributed by atoms with van der Waals surface area (Å²) in [6, 6.07) is 10.5. The van der Waals surface area contributed by atoms with Crippen molar-refractivity contribution in [2.75, 3.05) is 5.75 Å². The first-order chi connectivity index (χ1) is 9.24. The molecule has 19 heavy (non-hydrogen) atoms. The molecule has 3 rings (SSSR count). The van der Waals surface area contributed by atoms with E-state index in [0.717, 1.165) is 10.9 Å². The number of benzene rings is 1. The Balaban J connectivity index is 1.79. The Kier molecular flexibility index (Phi) is 4.20. The molecule has 1 aliphatic rings. The van der Waals surface area contributed by atoms with E-state index in [-0.39, 0.29) is 0 Å². The molecule has 1 aliphatic heterocycles. The zero-order valence-electron chi connectivity index (χ0n) is 11.1. The van der Waals surface area contributed by atoms with Crippen molar-refractivity contribution in [3.05, 3.63) is 40.7 Å². The van der Waals surface area contributed by atoms with Gasteiger partial charge in [-0.25, -0.2) is 4.98 Å². The topological polar surface area (TPSA) is 12.9 Å². The Labute approximate surface area is 127 Å². The Morgan fingerprint density at radius 1 is 1.11 bits per heavy atom. The molecular formula is C15H17NS3. The van der Waals surface area contributed by atoms with Crippen molar-refractivity contribution in [3.8, 4) is 11.3 Å². The molecule has 1 fully saturated rings. The van der Waals surface area contributed by atoms with Gasteiger partial charge in [-0.3, -0.25) is 0 Å². The van der Waals surface area contributed by atoms with Gasteiger partial charge in [0.2, 0.25) is 0 Å². The lowest BCUT2D eigenvalue weighted by molar-refractivity contribution is 0.891. The Hall–Kier alpha value is -0.450. The lowest BCUT2D eigenvalue weighted by Crippen LogP contribution is -2.21. The molecule has 0 N–H and O–H groups in total. The van der Waals surface area contributed by atoms with Crippen molar-refractivity contribution in [1.82, 2.24) is 4.98 Å². The summed E-state index contributed by atoms with van der Waals surface area (Å²) in [6.07, 6.45) is 0. The smallest absolute Gasteiger partial charge is 0.107 e. The molecule has 0 aliphatic carbocycles. The van der Waals surface area contributed by atoms with Crippen LogP contribution in [0.4, 0.5) is 0 Å². The zero-order chi connectivity index (χ0) is 13.2. The van der Waals surface area contributed by atoms with Crippen LogP contribution in [0.1, 0.15) is 24.1 Å². The highest BCUT2D eigenvalue weighted by atomic mass is 32.2. The molecule has 0 spiro atoms. The molecule has 0 radical (unpaired) electrons. The van der Waals surface area contributed by atoms with Crippen LogP contribution in [-0.4, -0.2) is 21.2 Å². The van der Waals surface area contributed by atoms with Gasteiger partial charge in [0.25, 0.3) is 0 Å². The highest BCUT2D eigenvalue weighted by Gasteiger charge is 2.28. The van der Waals surface area contributed by atoms with Gasteiger partial charge in [0.1, 0.15) is 5.01 Å². The molecule has 0 bridgehead atoms. The van der Waals surface area contributed by atoms with Gasteiger partial charge in [-0.2, -0.15) is 11.8 Å². The van der Waals surface area contributed by atoms with Gasteiger partial charge in [-0.15, -0.1) is 23.1 Å². The van der Waals surface area contributed by atoms with Crippen LogP contribution in [0.2, 0.25) is 0 Å². The van der Waals surface area contributed by atoms with Crippen molar-refractivity contribution >= 4 is 34.9 Å². The first-order valence-corrected chi connectivity index (χ1v) is 9.39. The predicted octanol–water partition coefficient (Wildman–Crippen LogP) is 5.11. The van der Waals surface area contributed by atoms with Gasteiger partial charge in [0, 0.05) is 27.2 Å². The third-order valence-corrected chi connectivity index (χ3v) is 7.92. The van der Waals surface area contributed by atoms with Crippen LogP contribution in [0.15, 0.2) is 35.7 Å². The van der Waals surface area contributed by atoms with Gasteiger partial charge in [-0.1, -0.05) is 44.2 Å². The maximum atomic E-state index is 4.85. The van der Waals surface area contributed by atoms with E-state index in [4.69, 9.17) is 4.98 Å². The normalized spacial score (nSPS) is 27.4. The molecule has 2 heterocycles. The minimum atomic E-state index is 0.568. The average Bonchev–Trinajstić information content (AvgIpc) is 2.93. The van der Waals surface area contributed by atoms with Gasteiger partial charge < -0.3 is 0 Å². The molecule has 1 saturated heterocycles. The lowest BCUT2D eigenvalue weighted by atomic mass is 10.2. The summed E-state index contributed by atoms with van der Waals surface area (Å²) in [5.74, 6) is 1.19. The Morgan fingerprint density at radius 3 is 2.63 bits per heavy atom. The average molecular weight is 308 g/mol. The van der Waals surface area contributed by atoms with Gasteiger partial charge in [0.15, 0.2) is 0 Å². The summed E-state index contributed by atoms with van der Waals surface area (Å²) in [7, 11) is 0. The number of thiazole rings is 1. The molecule has 1 nitrogen and oxygen atoms in total. The predicted molar refractivity (Wildman–Crippen MR) is 89.3 cm³/mol. The molecule has 3 unspecified atom stereocenters. The van der Waals surface area contributed by atoms with Crippen LogP contribution in [-0.2, 0) is 0 Å². The third-order valence-electron chi connectivity index (χ3n) is 3.42. The molecule has 1 aromatic carbocycles. The Bertz CT molecular complexity index is 537. The van der Waals surface area contributed by atoms with Crippen molar-refractivity contribution in [1.29, 1.82) is 0 Å². The molecular weight excluding hydrogens is 290 g/mol. The Morgan fingerprint density at radius 2 is 1.89 bits per heavy atom. The van der Waals surface area contributed by atoms with Crippen LogP contribution in [0.3, 0.4) is 0 Å². The standard InChI is InChI=1S/C15H17NS3/c1-10-11(2)19-14(9-17-10)15-16-13(8-18-15)12-6-4-3-5-7-12/h3-8,10-11,14H,9H2,1-2H3.